The highest BCUT2D eigenvalue weighted by Crippen LogP contribution is 2.39. The molecule has 190 valence electrons. The van der Waals surface area contributed by atoms with Crippen LogP contribution in [0.3, 0.4) is 0 Å². The van der Waals surface area contributed by atoms with Crippen molar-refractivity contribution >= 4 is 28.7 Å². The number of benzene rings is 2. The molecule has 2 aromatic carbocycles. The van der Waals surface area contributed by atoms with E-state index >= 15 is 0 Å². The Hall–Kier alpha value is -3.94. The first kappa shape index (κ1) is 23.5. The fourth-order valence-electron chi connectivity index (χ4n) is 5.70. The van der Waals surface area contributed by atoms with Gasteiger partial charge in [0, 0.05) is 32.7 Å². The zero-order valence-electron chi connectivity index (χ0n) is 21.2. The predicted molar refractivity (Wildman–Crippen MR) is 145 cm³/mol. The molecule has 2 aliphatic rings. The molecule has 4 aromatic rings. The largest absolute Gasteiger partial charge is 0.350 e. The molecule has 1 saturated carbocycles. The maximum absolute atomic E-state index is 13.9. The summed E-state index contributed by atoms with van der Waals surface area (Å²) in [5.74, 6) is 1.14. The summed E-state index contributed by atoms with van der Waals surface area (Å²) >= 11 is 0. The lowest BCUT2D eigenvalue weighted by Crippen LogP contribution is -2.45. The number of hydrogen-bond donors (Lipinski definition) is 2. The average molecular weight is 496 g/mol. The van der Waals surface area contributed by atoms with Crippen molar-refractivity contribution in [1.29, 1.82) is 0 Å². The first-order valence-electron chi connectivity index (χ1n) is 13.3. The zero-order chi connectivity index (χ0) is 25.2. The monoisotopic (exact) mass is 495 g/mol. The lowest BCUT2D eigenvalue weighted by atomic mass is 9.91. The van der Waals surface area contributed by atoms with Crippen LogP contribution in [0.1, 0.15) is 54.8 Å². The minimum atomic E-state index is -0.358. The van der Waals surface area contributed by atoms with Crippen LogP contribution in [0.15, 0.2) is 60.7 Å². The number of carbonyl (C=O) groups excluding carboxylic acids is 1. The van der Waals surface area contributed by atoms with Gasteiger partial charge >= 0.3 is 0 Å². The Balaban J connectivity index is 1.35. The van der Waals surface area contributed by atoms with Crippen LogP contribution >= 0.6 is 0 Å². The van der Waals surface area contributed by atoms with E-state index in [-0.39, 0.29) is 11.8 Å². The van der Waals surface area contributed by atoms with Gasteiger partial charge in [-0.25, -0.2) is 0 Å². The fourth-order valence-corrected chi connectivity index (χ4v) is 5.70. The van der Waals surface area contributed by atoms with Crippen molar-refractivity contribution in [3.8, 4) is 0 Å². The van der Waals surface area contributed by atoms with Crippen molar-refractivity contribution < 1.29 is 4.79 Å². The van der Waals surface area contributed by atoms with E-state index in [1.807, 2.05) is 48.3 Å². The van der Waals surface area contributed by atoms with E-state index in [1.54, 1.807) is 0 Å². The molecule has 3 heterocycles. The number of rotatable bonds is 7. The van der Waals surface area contributed by atoms with Crippen molar-refractivity contribution in [2.75, 3.05) is 23.8 Å². The number of aromatic amines is 1. The maximum atomic E-state index is 13.9. The standard InChI is InChI=1S/C29H33N7O/c1-35(22-15-9-4-10-16-22)28(37)23-19-36(18-21-13-7-3-8-14-21)27-24-25(23)33-34-26(24)31-29(32-27)30-17-20-11-5-2-6-12-20/h2-3,5-8,11-14,22-23H,4,9-10,15-19H2,1H3,(H2,30,31,32,33,34). The van der Waals surface area contributed by atoms with Gasteiger partial charge < -0.3 is 15.1 Å². The molecule has 0 spiro atoms. The van der Waals surface area contributed by atoms with Crippen LogP contribution in [-0.2, 0) is 17.9 Å². The Labute approximate surface area is 217 Å². The number of nitrogens with zero attached hydrogens (tertiary/aromatic N) is 5. The van der Waals surface area contributed by atoms with Gasteiger partial charge in [-0.2, -0.15) is 15.1 Å². The second-order valence-corrected chi connectivity index (χ2v) is 10.2. The second-order valence-electron chi connectivity index (χ2n) is 10.2. The molecular weight excluding hydrogens is 462 g/mol. The summed E-state index contributed by atoms with van der Waals surface area (Å²) in [6.45, 7) is 1.82. The van der Waals surface area contributed by atoms with Crippen molar-refractivity contribution in [3.63, 3.8) is 0 Å². The molecule has 37 heavy (non-hydrogen) atoms. The lowest BCUT2D eigenvalue weighted by Gasteiger charge is -2.37. The lowest BCUT2D eigenvalue weighted by molar-refractivity contribution is -0.134. The first-order valence-corrected chi connectivity index (χ1v) is 13.3. The van der Waals surface area contributed by atoms with E-state index < -0.39 is 0 Å². The zero-order valence-corrected chi connectivity index (χ0v) is 21.2. The van der Waals surface area contributed by atoms with Crippen LogP contribution in [0.4, 0.5) is 11.8 Å². The molecular formula is C29H33N7O. The first-order chi connectivity index (χ1) is 18.2. The number of anilines is 2. The van der Waals surface area contributed by atoms with Crippen molar-refractivity contribution in [1.82, 2.24) is 25.1 Å². The summed E-state index contributed by atoms with van der Waals surface area (Å²) in [6, 6.07) is 20.8. The Morgan fingerprint density at radius 1 is 1.00 bits per heavy atom. The van der Waals surface area contributed by atoms with Crippen LogP contribution in [0, 0.1) is 0 Å². The van der Waals surface area contributed by atoms with E-state index in [0.29, 0.717) is 37.3 Å². The normalized spacial score (nSPS) is 17.6. The Morgan fingerprint density at radius 3 is 2.43 bits per heavy atom. The molecule has 8 heteroatoms. The van der Waals surface area contributed by atoms with Crippen LogP contribution < -0.4 is 10.2 Å². The number of likely N-dealkylation sites (N-methyl/N-ethyl adjacent to an activating group) is 1. The SMILES string of the molecule is CN(C(=O)C1CN(Cc2ccccc2)c2nc(NCc3ccccc3)nc3[nH]nc1c23)C1CCCCC1. The highest BCUT2D eigenvalue weighted by Gasteiger charge is 2.38. The number of carbonyl (C=O) groups is 1. The topological polar surface area (TPSA) is 90.0 Å². The van der Waals surface area contributed by atoms with E-state index in [1.165, 1.54) is 24.8 Å². The molecule has 1 amide bonds. The molecule has 8 nitrogen and oxygen atoms in total. The van der Waals surface area contributed by atoms with Gasteiger partial charge in [0.25, 0.3) is 0 Å². The summed E-state index contributed by atoms with van der Waals surface area (Å²) in [5, 5.41) is 12.0. The summed E-state index contributed by atoms with van der Waals surface area (Å²) in [5.41, 5.74) is 3.75. The van der Waals surface area contributed by atoms with E-state index in [2.05, 4.69) is 44.7 Å². The molecule has 2 aromatic heterocycles. The van der Waals surface area contributed by atoms with E-state index in [9.17, 15) is 4.79 Å². The Bertz CT molecular complexity index is 1370. The molecule has 0 saturated heterocycles. The van der Waals surface area contributed by atoms with E-state index in [0.717, 1.165) is 35.3 Å². The van der Waals surface area contributed by atoms with Gasteiger partial charge in [-0.3, -0.25) is 9.89 Å². The minimum absolute atomic E-state index is 0.135. The number of amides is 1. The van der Waals surface area contributed by atoms with Crippen molar-refractivity contribution in [3.05, 3.63) is 77.5 Å². The molecule has 0 bridgehead atoms. The average Bonchev–Trinajstić information content (AvgIpc) is 3.38. The van der Waals surface area contributed by atoms with Crippen LogP contribution in [0.5, 0.6) is 0 Å². The highest BCUT2D eigenvalue weighted by atomic mass is 16.2. The smallest absolute Gasteiger partial charge is 0.233 e. The molecule has 2 N–H and O–H groups in total. The molecule has 1 aliphatic carbocycles. The van der Waals surface area contributed by atoms with Gasteiger partial charge in [0.05, 0.1) is 11.1 Å². The highest BCUT2D eigenvalue weighted by molar-refractivity contribution is 5.98. The van der Waals surface area contributed by atoms with Gasteiger partial charge in [0.2, 0.25) is 11.9 Å². The Kier molecular flexibility index (Phi) is 6.47. The van der Waals surface area contributed by atoms with Crippen molar-refractivity contribution in [2.24, 2.45) is 0 Å². The van der Waals surface area contributed by atoms with Crippen molar-refractivity contribution in [2.45, 2.75) is 57.2 Å². The summed E-state index contributed by atoms with van der Waals surface area (Å²) in [6.07, 6.45) is 5.80. The third-order valence-electron chi connectivity index (χ3n) is 7.74. The van der Waals surface area contributed by atoms with Gasteiger partial charge in [-0.15, -0.1) is 0 Å². The minimum Gasteiger partial charge on any atom is -0.350 e. The molecule has 6 rings (SSSR count). The predicted octanol–water partition coefficient (Wildman–Crippen LogP) is 4.86. The fraction of sp³-hybridized carbons (Fsp3) is 0.379. The van der Waals surface area contributed by atoms with Gasteiger partial charge in [0.1, 0.15) is 11.7 Å². The number of H-pyrrole nitrogens is 1. The molecule has 1 unspecified atom stereocenters. The molecule has 1 aliphatic heterocycles. The van der Waals surface area contributed by atoms with Gasteiger partial charge in [0.15, 0.2) is 5.65 Å². The van der Waals surface area contributed by atoms with Crippen LogP contribution in [0.2, 0.25) is 0 Å². The third-order valence-corrected chi connectivity index (χ3v) is 7.74. The Morgan fingerprint density at radius 2 is 1.70 bits per heavy atom. The summed E-state index contributed by atoms with van der Waals surface area (Å²) < 4.78 is 0. The second kappa shape index (κ2) is 10.2. The quantitative estimate of drug-likeness (QED) is 0.381. The molecule has 1 fully saturated rings. The molecule has 0 radical (unpaired) electrons. The van der Waals surface area contributed by atoms with Gasteiger partial charge in [-0.05, 0) is 24.0 Å². The number of hydrogen-bond acceptors (Lipinski definition) is 6. The van der Waals surface area contributed by atoms with Crippen LogP contribution in [0.25, 0.3) is 11.0 Å². The number of aromatic nitrogens is 4. The molecule has 1 atom stereocenters. The van der Waals surface area contributed by atoms with E-state index in [4.69, 9.17) is 9.97 Å². The third kappa shape index (κ3) is 4.75. The summed E-state index contributed by atoms with van der Waals surface area (Å²) in [7, 11) is 1.96. The van der Waals surface area contributed by atoms with Crippen LogP contribution in [-0.4, -0.2) is 50.6 Å². The maximum Gasteiger partial charge on any atom is 0.233 e. The summed E-state index contributed by atoms with van der Waals surface area (Å²) in [4.78, 5) is 27.7. The van der Waals surface area contributed by atoms with Gasteiger partial charge in [-0.1, -0.05) is 79.9 Å². The number of nitrogens with one attached hydrogen (secondary N) is 2.